The van der Waals surface area contributed by atoms with E-state index in [2.05, 4.69) is 28.6 Å². The molecule has 0 aliphatic heterocycles. The zero-order chi connectivity index (χ0) is 22.8. The number of nitrogens with zero attached hydrogens (tertiary/aromatic N) is 1. The second-order valence-corrected chi connectivity index (χ2v) is 9.38. The minimum Gasteiger partial charge on any atom is -0.464 e. The molecule has 1 aliphatic rings. The van der Waals surface area contributed by atoms with Crippen LogP contribution in [0.2, 0.25) is 0 Å². The number of furan rings is 1. The lowest BCUT2D eigenvalue weighted by atomic mass is 10.1. The molecule has 0 fully saturated rings. The number of nitrogens with one attached hydrogen (secondary N) is 2. The lowest BCUT2D eigenvalue weighted by molar-refractivity contribution is -0.115. The van der Waals surface area contributed by atoms with Gasteiger partial charge in [0, 0.05) is 34.8 Å². The Kier molecular flexibility index (Phi) is 5.96. The van der Waals surface area contributed by atoms with E-state index in [-0.39, 0.29) is 18.2 Å². The molecule has 0 unspecified atom stereocenters. The lowest BCUT2D eigenvalue weighted by Crippen LogP contribution is -2.25. The average Bonchev–Trinajstić information content (AvgIpc) is 3.53. The highest BCUT2D eigenvalue weighted by Crippen LogP contribution is 2.39. The standard InChI is InChI=1S/C26H25N3O3S/c1-2-16-8-9-21-20(11-16)18(15-32-21)12-23(30)29-26-24(19-6-3-7-22(19)33-26)25(31)28-14-17-5-4-10-27-13-17/h4-5,8-11,13,15H,2-3,6-7,12,14H2,1H3,(H,28,31)(H,29,30). The molecular formula is C26H25N3O3S. The summed E-state index contributed by atoms with van der Waals surface area (Å²) in [6.07, 6.45) is 9.06. The van der Waals surface area contributed by atoms with Crippen LogP contribution in [0, 0.1) is 0 Å². The SMILES string of the molecule is CCc1ccc2occ(CC(=O)Nc3sc4c(c3C(=O)NCc3cccnc3)CCC4)c2c1. The Balaban J connectivity index is 1.34. The van der Waals surface area contributed by atoms with Crippen molar-refractivity contribution in [2.75, 3.05) is 5.32 Å². The van der Waals surface area contributed by atoms with Crippen molar-refractivity contribution >= 4 is 39.1 Å². The third-order valence-corrected chi connectivity index (χ3v) is 7.26. The molecule has 1 aliphatic carbocycles. The van der Waals surface area contributed by atoms with Gasteiger partial charge in [-0.3, -0.25) is 14.6 Å². The summed E-state index contributed by atoms with van der Waals surface area (Å²) < 4.78 is 5.64. The second kappa shape index (κ2) is 9.19. The highest BCUT2D eigenvalue weighted by molar-refractivity contribution is 7.17. The van der Waals surface area contributed by atoms with Crippen LogP contribution < -0.4 is 10.6 Å². The van der Waals surface area contributed by atoms with Gasteiger partial charge in [-0.2, -0.15) is 0 Å². The molecule has 33 heavy (non-hydrogen) atoms. The lowest BCUT2D eigenvalue weighted by Gasteiger charge is -2.09. The molecule has 3 heterocycles. The third-order valence-electron chi connectivity index (χ3n) is 6.05. The number of pyridine rings is 1. The second-order valence-electron chi connectivity index (χ2n) is 8.28. The van der Waals surface area contributed by atoms with Gasteiger partial charge in [-0.1, -0.05) is 19.1 Å². The van der Waals surface area contributed by atoms with Crippen LogP contribution in [0.15, 0.2) is 53.4 Å². The van der Waals surface area contributed by atoms with E-state index >= 15 is 0 Å². The number of hydrogen-bond donors (Lipinski definition) is 2. The van der Waals surface area contributed by atoms with E-state index in [1.165, 1.54) is 21.8 Å². The topological polar surface area (TPSA) is 84.2 Å². The zero-order valence-electron chi connectivity index (χ0n) is 18.4. The molecule has 5 rings (SSSR count). The Morgan fingerprint density at radius 1 is 1.18 bits per heavy atom. The minimum atomic E-state index is -0.157. The smallest absolute Gasteiger partial charge is 0.254 e. The Labute approximate surface area is 196 Å². The maximum Gasteiger partial charge on any atom is 0.254 e. The molecule has 7 heteroatoms. The van der Waals surface area contributed by atoms with Crippen molar-refractivity contribution in [2.45, 2.75) is 45.6 Å². The number of anilines is 1. The molecule has 2 amide bonds. The van der Waals surface area contributed by atoms with Gasteiger partial charge in [-0.25, -0.2) is 0 Å². The maximum absolute atomic E-state index is 13.1. The van der Waals surface area contributed by atoms with Crippen LogP contribution >= 0.6 is 11.3 Å². The fourth-order valence-electron chi connectivity index (χ4n) is 4.34. The van der Waals surface area contributed by atoms with Crippen molar-refractivity contribution in [3.8, 4) is 0 Å². The molecule has 0 bridgehead atoms. The molecule has 3 aromatic heterocycles. The van der Waals surface area contributed by atoms with Gasteiger partial charge < -0.3 is 15.1 Å². The summed E-state index contributed by atoms with van der Waals surface area (Å²) in [5.74, 6) is -0.310. The summed E-state index contributed by atoms with van der Waals surface area (Å²) in [5, 5.41) is 7.60. The van der Waals surface area contributed by atoms with Gasteiger partial charge >= 0.3 is 0 Å². The molecular weight excluding hydrogens is 434 g/mol. The molecule has 1 aromatic carbocycles. The number of amides is 2. The third kappa shape index (κ3) is 4.41. The normalized spacial score (nSPS) is 12.6. The molecule has 6 nitrogen and oxygen atoms in total. The van der Waals surface area contributed by atoms with Crippen LogP contribution in [0.25, 0.3) is 11.0 Å². The molecule has 4 aromatic rings. The van der Waals surface area contributed by atoms with Gasteiger partial charge in [0.05, 0.1) is 18.2 Å². The van der Waals surface area contributed by atoms with Crippen molar-refractivity contribution in [3.63, 3.8) is 0 Å². The molecule has 0 atom stereocenters. The summed E-state index contributed by atoms with van der Waals surface area (Å²) in [7, 11) is 0. The quantitative estimate of drug-likeness (QED) is 0.405. The molecule has 168 valence electrons. The molecule has 0 spiro atoms. The van der Waals surface area contributed by atoms with Gasteiger partial charge in [-0.05, 0) is 60.6 Å². The Bertz CT molecular complexity index is 1320. The van der Waals surface area contributed by atoms with Gasteiger partial charge in [0.1, 0.15) is 10.6 Å². The first-order valence-corrected chi connectivity index (χ1v) is 12.0. The number of thiophene rings is 1. The highest BCUT2D eigenvalue weighted by atomic mass is 32.1. The van der Waals surface area contributed by atoms with Crippen molar-refractivity contribution in [1.82, 2.24) is 10.3 Å². The van der Waals surface area contributed by atoms with E-state index < -0.39 is 0 Å². The van der Waals surface area contributed by atoms with Gasteiger partial charge in [0.25, 0.3) is 5.91 Å². The first-order valence-electron chi connectivity index (χ1n) is 11.2. The number of rotatable bonds is 7. The molecule has 0 saturated heterocycles. The van der Waals surface area contributed by atoms with Crippen LogP contribution in [-0.4, -0.2) is 16.8 Å². The van der Waals surface area contributed by atoms with Crippen LogP contribution in [-0.2, 0) is 37.0 Å². The van der Waals surface area contributed by atoms with E-state index in [9.17, 15) is 9.59 Å². The van der Waals surface area contributed by atoms with Crippen molar-refractivity contribution < 1.29 is 14.0 Å². The first-order chi connectivity index (χ1) is 16.1. The number of carbonyl (C=O) groups is 2. The predicted octanol–water partition coefficient (Wildman–Crippen LogP) is 5.05. The van der Waals surface area contributed by atoms with E-state index in [0.717, 1.165) is 53.3 Å². The number of aryl methyl sites for hydroxylation is 2. The van der Waals surface area contributed by atoms with E-state index in [1.807, 2.05) is 24.3 Å². The highest BCUT2D eigenvalue weighted by Gasteiger charge is 2.27. The monoisotopic (exact) mass is 459 g/mol. The molecule has 0 radical (unpaired) electrons. The summed E-state index contributed by atoms with van der Waals surface area (Å²) in [6.45, 7) is 2.50. The van der Waals surface area contributed by atoms with Crippen molar-refractivity contribution in [3.05, 3.63) is 81.7 Å². The van der Waals surface area contributed by atoms with Gasteiger partial charge in [0.2, 0.25) is 5.91 Å². The number of fused-ring (bicyclic) bond motifs is 2. The molecule has 2 N–H and O–H groups in total. The Morgan fingerprint density at radius 2 is 2.09 bits per heavy atom. The van der Waals surface area contributed by atoms with Crippen LogP contribution in [0.1, 0.15) is 50.8 Å². The number of benzene rings is 1. The van der Waals surface area contributed by atoms with Crippen molar-refractivity contribution in [1.29, 1.82) is 0 Å². The molecule has 0 saturated carbocycles. The van der Waals surface area contributed by atoms with E-state index in [1.54, 1.807) is 18.7 Å². The van der Waals surface area contributed by atoms with Gasteiger partial charge in [-0.15, -0.1) is 11.3 Å². The van der Waals surface area contributed by atoms with Gasteiger partial charge in [0.15, 0.2) is 0 Å². The minimum absolute atomic E-state index is 0.152. The maximum atomic E-state index is 13.1. The Morgan fingerprint density at radius 3 is 2.91 bits per heavy atom. The fraction of sp³-hybridized carbons (Fsp3) is 0.269. The first kappa shape index (κ1) is 21.4. The fourth-order valence-corrected chi connectivity index (χ4v) is 5.64. The summed E-state index contributed by atoms with van der Waals surface area (Å²) in [6, 6.07) is 9.84. The Hall–Kier alpha value is -3.45. The predicted molar refractivity (Wildman–Crippen MR) is 130 cm³/mol. The number of hydrogen-bond acceptors (Lipinski definition) is 5. The van der Waals surface area contributed by atoms with E-state index in [4.69, 9.17) is 4.42 Å². The summed E-state index contributed by atoms with van der Waals surface area (Å²) in [5.41, 5.74) is 5.44. The number of aromatic nitrogens is 1. The zero-order valence-corrected chi connectivity index (χ0v) is 19.3. The average molecular weight is 460 g/mol. The van der Waals surface area contributed by atoms with E-state index in [0.29, 0.717) is 17.1 Å². The largest absolute Gasteiger partial charge is 0.464 e. The number of carbonyl (C=O) groups excluding carboxylic acids is 2. The van der Waals surface area contributed by atoms with Crippen LogP contribution in [0.3, 0.4) is 0 Å². The summed E-state index contributed by atoms with van der Waals surface area (Å²) >= 11 is 1.52. The summed E-state index contributed by atoms with van der Waals surface area (Å²) in [4.78, 5) is 31.4. The van der Waals surface area contributed by atoms with Crippen molar-refractivity contribution in [2.24, 2.45) is 0 Å². The van der Waals surface area contributed by atoms with Crippen LogP contribution in [0.5, 0.6) is 0 Å². The van der Waals surface area contributed by atoms with Crippen LogP contribution in [0.4, 0.5) is 5.00 Å².